The van der Waals surface area contributed by atoms with E-state index in [4.69, 9.17) is 9.47 Å². The predicted molar refractivity (Wildman–Crippen MR) is 114 cm³/mol. The van der Waals surface area contributed by atoms with Crippen molar-refractivity contribution in [3.8, 4) is 6.01 Å². The van der Waals surface area contributed by atoms with Gasteiger partial charge in [-0.15, -0.1) is 5.10 Å². The molecule has 0 fully saturated rings. The maximum absolute atomic E-state index is 12.9. The molecule has 0 saturated carbocycles. The minimum atomic E-state index is -1.55. The van der Waals surface area contributed by atoms with Crippen molar-refractivity contribution in [3.63, 3.8) is 0 Å². The number of anilines is 1. The number of carbonyl (C=O) groups excluding carboxylic acids is 1. The standard InChI is InChI=1S/C19H28BrN5O5/c1-7-8-9-29-15-22-14(13-21-10-12(20)25(13)23-15)24(16(26)27)17(28)30-19(5,6)11-18(2,3)4/h10H,7-9,11H2,1-6H3,(H,26,27). The molecule has 30 heavy (non-hydrogen) atoms. The molecule has 0 bridgehead atoms. The molecule has 166 valence electrons. The van der Waals surface area contributed by atoms with Crippen LogP contribution in [0.15, 0.2) is 10.8 Å². The largest absolute Gasteiger partial charge is 0.464 e. The first-order chi connectivity index (χ1) is 13.8. The maximum Gasteiger partial charge on any atom is 0.425 e. The van der Waals surface area contributed by atoms with Crippen LogP contribution in [0.4, 0.5) is 15.4 Å². The zero-order valence-corrected chi connectivity index (χ0v) is 19.7. The number of hydrogen-bond acceptors (Lipinski definition) is 7. The number of rotatable bonds is 7. The van der Waals surface area contributed by atoms with Crippen LogP contribution in [0.25, 0.3) is 5.65 Å². The molecule has 0 aliphatic heterocycles. The van der Waals surface area contributed by atoms with Crippen molar-refractivity contribution in [3.05, 3.63) is 10.8 Å². The molecular weight excluding hydrogens is 458 g/mol. The van der Waals surface area contributed by atoms with Crippen LogP contribution in [-0.4, -0.2) is 49.1 Å². The van der Waals surface area contributed by atoms with E-state index < -0.39 is 17.8 Å². The second-order valence-electron chi connectivity index (χ2n) is 8.72. The number of carboxylic acid groups (broad SMARTS) is 1. The molecule has 0 aliphatic carbocycles. The summed E-state index contributed by atoms with van der Waals surface area (Å²) in [6, 6.07) is -0.0716. The summed E-state index contributed by atoms with van der Waals surface area (Å²) in [6.07, 6.45) is 1.01. The van der Waals surface area contributed by atoms with Gasteiger partial charge in [0.15, 0.2) is 11.5 Å². The monoisotopic (exact) mass is 485 g/mol. The van der Waals surface area contributed by atoms with Gasteiger partial charge in [-0.25, -0.2) is 14.6 Å². The lowest BCUT2D eigenvalue weighted by Gasteiger charge is -2.33. The second kappa shape index (κ2) is 9.15. The number of imide groups is 1. The van der Waals surface area contributed by atoms with Gasteiger partial charge in [0.25, 0.3) is 0 Å². The first kappa shape index (κ1) is 23.8. The highest BCUT2D eigenvalue weighted by Crippen LogP contribution is 2.31. The Hall–Kier alpha value is -2.43. The van der Waals surface area contributed by atoms with Gasteiger partial charge >= 0.3 is 18.2 Å². The fourth-order valence-electron chi connectivity index (χ4n) is 3.19. The Labute approximate surface area is 183 Å². The summed E-state index contributed by atoms with van der Waals surface area (Å²) in [4.78, 5) is 33.6. The lowest BCUT2D eigenvalue weighted by molar-refractivity contribution is 0.0145. The van der Waals surface area contributed by atoms with Gasteiger partial charge in [0.1, 0.15) is 10.2 Å². The predicted octanol–water partition coefficient (Wildman–Crippen LogP) is 4.90. The minimum Gasteiger partial charge on any atom is -0.464 e. The highest BCUT2D eigenvalue weighted by Gasteiger charge is 2.36. The Bertz CT molecular complexity index is 922. The summed E-state index contributed by atoms with van der Waals surface area (Å²) in [7, 11) is 0. The van der Waals surface area contributed by atoms with E-state index in [0.717, 1.165) is 12.8 Å². The molecule has 2 heterocycles. The third-order valence-electron chi connectivity index (χ3n) is 3.92. The summed E-state index contributed by atoms with van der Waals surface area (Å²) < 4.78 is 12.8. The fourth-order valence-corrected chi connectivity index (χ4v) is 3.54. The maximum atomic E-state index is 12.9. The summed E-state index contributed by atoms with van der Waals surface area (Å²) >= 11 is 3.29. The van der Waals surface area contributed by atoms with Gasteiger partial charge in [0, 0.05) is 0 Å². The number of amides is 2. The van der Waals surface area contributed by atoms with Gasteiger partial charge in [-0.3, -0.25) is 0 Å². The quantitative estimate of drug-likeness (QED) is 0.549. The first-order valence-corrected chi connectivity index (χ1v) is 10.4. The Balaban J connectivity index is 2.45. The lowest BCUT2D eigenvalue weighted by atomic mass is 9.84. The molecule has 0 saturated heterocycles. The van der Waals surface area contributed by atoms with Crippen molar-refractivity contribution in [1.29, 1.82) is 0 Å². The van der Waals surface area contributed by atoms with Crippen LogP contribution in [0.2, 0.25) is 0 Å². The van der Waals surface area contributed by atoms with Crippen LogP contribution in [0.3, 0.4) is 0 Å². The molecular formula is C19H28BrN5O5. The molecule has 0 atom stereocenters. The Morgan fingerprint density at radius 2 is 1.93 bits per heavy atom. The van der Waals surface area contributed by atoms with Crippen molar-refractivity contribution in [2.24, 2.45) is 5.41 Å². The SMILES string of the molecule is CCCCOc1nc(N(C(=O)O)C(=O)OC(C)(C)CC(C)(C)C)c2ncc(Br)n2n1. The summed E-state index contributed by atoms with van der Waals surface area (Å²) in [6.45, 7) is 11.8. The number of imidazole rings is 1. The van der Waals surface area contributed by atoms with Gasteiger partial charge in [0.05, 0.1) is 12.8 Å². The van der Waals surface area contributed by atoms with E-state index in [1.807, 2.05) is 27.7 Å². The molecule has 1 N–H and O–H groups in total. The average molecular weight is 486 g/mol. The van der Waals surface area contributed by atoms with Crippen molar-refractivity contribution in [2.45, 2.75) is 66.4 Å². The normalized spacial score (nSPS) is 12.1. The van der Waals surface area contributed by atoms with Crippen molar-refractivity contribution in [1.82, 2.24) is 19.6 Å². The number of halogens is 1. The van der Waals surface area contributed by atoms with Crippen LogP contribution < -0.4 is 9.64 Å². The fraction of sp³-hybridized carbons (Fsp3) is 0.632. The van der Waals surface area contributed by atoms with Crippen molar-refractivity contribution >= 4 is 39.6 Å². The molecule has 2 amide bonds. The third-order valence-corrected chi connectivity index (χ3v) is 4.46. The number of fused-ring (bicyclic) bond motifs is 1. The van der Waals surface area contributed by atoms with Gasteiger partial charge in [0.2, 0.25) is 0 Å². The van der Waals surface area contributed by atoms with Crippen LogP contribution in [-0.2, 0) is 4.74 Å². The summed E-state index contributed by atoms with van der Waals surface area (Å²) in [5.41, 5.74) is -0.963. The molecule has 2 rings (SSSR count). The Morgan fingerprint density at radius 3 is 2.50 bits per heavy atom. The van der Waals surface area contributed by atoms with E-state index in [0.29, 0.717) is 22.5 Å². The number of unbranched alkanes of at least 4 members (excludes halogenated alkanes) is 1. The number of aromatic nitrogens is 4. The first-order valence-electron chi connectivity index (χ1n) is 9.65. The second-order valence-corrected chi connectivity index (χ2v) is 9.53. The lowest BCUT2D eigenvalue weighted by Crippen LogP contribution is -2.43. The highest BCUT2D eigenvalue weighted by molar-refractivity contribution is 9.10. The minimum absolute atomic E-state index is 0.0673. The zero-order chi connectivity index (χ0) is 22.7. The molecule has 0 aliphatic rings. The molecule has 2 aromatic heterocycles. The smallest absolute Gasteiger partial charge is 0.425 e. The van der Waals surface area contributed by atoms with E-state index in [2.05, 4.69) is 31.0 Å². The van der Waals surface area contributed by atoms with E-state index >= 15 is 0 Å². The van der Waals surface area contributed by atoms with Crippen LogP contribution in [0.1, 0.15) is 60.8 Å². The van der Waals surface area contributed by atoms with Crippen LogP contribution in [0.5, 0.6) is 6.01 Å². The topological polar surface area (TPSA) is 119 Å². The van der Waals surface area contributed by atoms with Gasteiger partial charge < -0.3 is 14.6 Å². The molecule has 2 aromatic rings. The van der Waals surface area contributed by atoms with E-state index in [9.17, 15) is 14.7 Å². The van der Waals surface area contributed by atoms with Crippen molar-refractivity contribution < 1.29 is 24.2 Å². The van der Waals surface area contributed by atoms with Crippen LogP contribution >= 0.6 is 15.9 Å². The summed E-state index contributed by atoms with van der Waals surface area (Å²) in [5.74, 6) is -0.244. The van der Waals surface area contributed by atoms with Gasteiger partial charge in [-0.1, -0.05) is 34.1 Å². The van der Waals surface area contributed by atoms with E-state index in [1.165, 1.54) is 10.7 Å². The van der Waals surface area contributed by atoms with E-state index in [1.54, 1.807) is 13.8 Å². The molecule has 10 nitrogen and oxygen atoms in total. The zero-order valence-electron chi connectivity index (χ0n) is 18.1. The average Bonchev–Trinajstić information content (AvgIpc) is 2.93. The number of carbonyl (C=O) groups is 2. The van der Waals surface area contributed by atoms with Gasteiger partial charge in [-0.05, 0) is 48.0 Å². The molecule has 0 aromatic carbocycles. The summed E-state index contributed by atoms with van der Waals surface area (Å²) in [5, 5.41) is 14.0. The molecule has 11 heteroatoms. The van der Waals surface area contributed by atoms with Crippen LogP contribution in [0, 0.1) is 5.41 Å². The molecule has 0 spiro atoms. The number of nitrogens with zero attached hydrogens (tertiary/aromatic N) is 5. The number of ether oxygens (including phenoxy) is 2. The Kier molecular flexibility index (Phi) is 7.27. The third kappa shape index (κ3) is 6.04. The highest BCUT2D eigenvalue weighted by atomic mass is 79.9. The van der Waals surface area contributed by atoms with E-state index in [-0.39, 0.29) is 22.9 Å². The molecule has 0 unspecified atom stereocenters. The molecule has 0 radical (unpaired) electrons. The van der Waals surface area contributed by atoms with Crippen molar-refractivity contribution in [2.75, 3.05) is 11.5 Å². The number of hydrogen-bond donors (Lipinski definition) is 1. The Morgan fingerprint density at radius 1 is 1.27 bits per heavy atom. The van der Waals surface area contributed by atoms with Gasteiger partial charge in [-0.2, -0.15) is 14.4 Å².